The van der Waals surface area contributed by atoms with Gasteiger partial charge >= 0.3 is 6.09 Å². The van der Waals surface area contributed by atoms with Crippen molar-refractivity contribution in [3.05, 3.63) is 42.5 Å². The zero-order valence-corrected chi connectivity index (χ0v) is 18.6. The molecule has 0 aromatic heterocycles. The Kier molecular flexibility index (Phi) is 7.50. The first kappa shape index (κ1) is 24.0. The van der Waals surface area contributed by atoms with E-state index in [1.165, 1.54) is 16.9 Å². The minimum atomic E-state index is -1.16. The molecule has 31 heavy (non-hydrogen) atoms. The summed E-state index contributed by atoms with van der Waals surface area (Å²) in [5.74, 6) is 2.27. The van der Waals surface area contributed by atoms with Crippen LogP contribution in [0.2, 0.25) is 0 Å². The van der Waals surface area contributed by atoms with Crippen LogP contribution in [0.25, 0.3) is 0 Å². The predicted molar refractivity (Wildman–Crippen MR) is 118 cm³/mol. The van der Waals surface area contributed by atoms with Crippen molar-refractivity contribution in [2.45, 2.75) is 39.2 Å². The Morgan fingerprint density at radius 3 is 2.42 bits per heavy atom. The number of nitrogens with zero attached hydrogens (tertiary/aromatic N) is 2. The van der Waals surface area contributed by atoms with Crippen LogP contribution in [0.4, 0.5) is 4.79 Å². The molecule has 1 aromatic carbocycles. The maximum absolute atomic E-state index is 13.6. The van der Waals surface area contributed by atoms with E-state index in [4.69, 9.17) is 15.9 Å². The number of benzene rings is 1. The normalized spacial score (nSPS) is 19.3. The maximum atomic E-state index is 13.6. The largest absolute Gasteiger partial charge is 0.497 e. The van der Waals surface area contributed by atoms with Gasteiger partial charge in [0.2, 0.25) is 5.91 Å². The van der Waals surface area contributed by atoms with Gasteiger partial charge in [0.15, 0.2) is 0 Å². The van der Waals surface area contributed by atoms with E-state index >= 15 is 0 Å². The number of imide groups is 1. The molecule has 0 aliphatic carbocycles. The molecule has 0 bridgehead atoms. The summed E-state index contributed by atoms with van der Waals surface area (Å²) in [5, 5.41) is 0. The van der Waals surface area contributed by atoms with E-state index in [0.717, 1.165) is 0 Å². The fourth-order valence-electron chi connectivity index (χ4n) is 3.51. The number of carbonyl (C=O) groups excluding carboxylic acids is 3. The van der Waals surface area contributed by atoms with Gasteiger partial charge in [0.05, 0.1) is 12.5 Å². The van der Waals surface area contributed by atoms with Crippen LogP contribution in [0, 0.1) is 17.8 Å². The van der Waals surface area contributed by atoms with Crippen molar-refractivity contribution in [3.8, 4) is 18.1 Å². The summed E-state index contributed by atoms with van der Waals surface area (Å²) < 4.78 is 10.6. The molecule has 0 N–H and O–H groups in total. The first-order valence-corrected chi connectivity index (χ1v) is 10.1. The molecule has 1 heterocycles. The Hall–Kier alpha value is -3.27. The van der Waals surface area contributed by atoms with Gasteiger partial charge in [-0.3, -0.25) is 14.5 Å². The molecule has 1 atom stereocenters. The Bertz CT molecular complexity index is 879. The molecule has 3 amide bonds. The van der Waals surface area contributed by atoms with Crippen molar-refractivity contribution in [1.82, 2.24) is 9.80 Å². The number of carbonyl (C=O) groups is 3. The molecule has 0 radical (unpaired) electrons. The van der Waals surface area contributed by atoms with Gasteiger partial charge in [-0.05, 0) is 51.5 Å². The molecule has 1 fully saturated rings. The summed E-state index contributed by atoms with van der Waals surface area (Å²) in [4.78, 5) is 42.2. The van der Waals surface area contributed by atoms with Crippen molar-refractivity contribution < 1.29 is 23.9 Å². The lowest BCUT2D eigenvalue weighted by Gasteiger charge is -2.34. The van der Waals surface area contributed by atoms with Crippen molar-refractivity contribution in [2.24, 2.45) is 5.41 Å². The molecule has 7 nitrogen and oxygen atoms in total. The lowest BCUT2D eigenvalue weighted by atomic mass is 9.79. The van der Waals surface area contributed by atoms with E-state index in [1.54, 1.807) is 51.1 Å². The van der Waals surface area contributed by atoms with Gasteiger partial charge in [0, 0.05) is 31.6 Å². The molecule has 1 aliphatic heterocycles. The molecule has 166 valence electrons. The molecule has 1 aliphatic rings. The van der Waals surface area contributed by atoms with Crippen molar-refractivity contribution in [1.29, 1.82) is 0 Å². The molecular formula is C24H30N2O5. The average molecular weight is 427 g/mol. The molecule has 0 unspecified atom stereocenters. The summed E-state index contributed by atoms with van der Waals surface area (Å²) in [5.41, 5.74) is -1.52. The van der Waals surface area contributed by atoms with E-state index in [9.17, 15) is 14.4 Å². The topological polar surface area (TPSA) is 76.2 Å². The number of rotatable bonds is 5. The fourth-order valence-corrected chi connectivity index (χ4v) is 3.51. The summed E-state index contributed by atoms with van der Waals surface area (Å²) in [6, 6.07) is 6.50. The SMILES string of the molecule is C#CC[C@@]1(CC=C)CN(C(=O)OC(C)(C)C)CCN(C(=O)c2ccc(OC)cc2)C1=O. The van der Waals surface area contributed by atoms with E-state index in [2.05, 4.69) is 12.5 Å². The summed E-state index contributed by atoms with van der Waals surface area (Å²) >= 11 is 0. The molecule has 0 saturated carbocycles. The maximum Gasteiger partial charge on any atom is 0.410 e. The van der Waals surface area contributed by atoms with E-state index in [-0.39, 0.29) is 32.5 Å². The second-order valence-corrected chi connectivity index (χ2v) is 8.55. The Labute approximate surface area is 184 Å². The number of methoxy groups -OCH3 is 1. The molecule has 7 heteroatoms. The average Bonchev–Trinajstić information content (AvgIpc) is 2.84. The highest BCUT2D eigenvalue weighted by Crippen LogP contribution is 2.34. The third kappa shape index (κ3) is 5.66. The number of terminal acetylenes is 1. The highest BCUT2D eigenvalue weighted by Gasteiger charge is 2.47. The molecule has 1 saturated heterocycles. The predicted octanol–water partition coefficient (Wildman–Crippen LogP) is 3.50. The van der Waals surface area contributed by atoms with Gasteiger partial charge in [0.25, 0.3) is 5.91 Å². The number of ether oxygens (including phenoxy) is 2. The van der Waals surface area contributed by atoms with E-state index < -0.39 is 28.9 Å². The minimum absolute atomic E-state index is 0.0341. The second kappa shape index (κ2) is 9.69. The van der Waals surface area contributed by atoms with Gasteiger partial charge in [-0.25, -0.2) is 4.79 Å². The van der Waals surface area contributed by atoms with Gasteiger partial charge in [-0.2, -0.15) is 0 Å². The standard InChI is InChI=1S/C24H30N2O5/c1-7-13-24(14-8-2)17-25(22(29)31-23(3,4)5)15-16-26(21(24)28)20(27)18-9-11-19(30-6)12-10-18/h1,8-12H,2,13-17H2,3-6H3/t24-/m1/s1. The first-order valence-electron chi connectivity index (χ1n) is 10.1. The quantitative estimate of drug-likeness (QED) is 0.409. The number of allylic oxidation sites excluding steroid dienone is 1. The monoisotopic (exact) mass is 426 g/mol. The Morgan fingerprint density at radius 1 is 1.26 bits per heavy atom. The Balaban J connectivity index is 2.43. The lowest BCUT2D eigenvalue weighted by Crippen LogP contribution is -2.48. The smallest absolute Gasteiger partial charge is 0.410 e. The third-order valence-corrected chi connectivity index (χ3v) is 5.00. The van der Waals surface area contributed by atoms with Crippen LogP contribution in [0.15, 0.2) is 36.9 Å². The third-order valence-electron chi connectivity index (χ3n) is 5.00. The number of hydrogen-bond acceptors (Lipinski definition) is 5. The van der Waals surface area contributed by atoms with E-state index in [1.807, 2.05) is 0 Å². The van der Waals surface area contributed by atoms with Crippen LogP contribution in [0.5, 0.6) is 5.75 Å². The van der Waals surface area contributed by atoms with Crippen LogP contribution in [0.1, 0.15) is 44.0 Å². The van der Waals surface area contributed by atoms with Gasteiger partial charge in [-0.1, -0.05) is 6.08 Å². The van der Waals surface area contributed by atoms with Crippen molar-refractivity contribution >= 4 is 17.9 Å². The highest BCUT2D eigenvalue weighted by molar-refractivity contribution is 6.06. The summed E-state index contributed by atoms with van der Waals surface area (Å²) in [6.07, 6.45) is 6.91. The van der Waals surface area contributed by atoms with Crippen LogP contribution in [0.3, 0.4) is 0 Å². The zero-order valence-electron chi connectivity index (χ0n) is 18.6. The number of hydrogen-bond donors (Lipinski definition) is 0. The fraction of sp³-hybridized carbons (Fsp3) is 0.458. The van der Waals surface area contributed by atoms with Gasteiger partial charge in [0.1, 0.15) is 11.4 Å². The lowest BCUT2D eigenvalue weighted by molar-refractivity contribution is -0.138. The first-order chi connectivity index (χ1) is 14.6. The molecule has 1 aromatic rings. The zero-order chi connectivity index (χ0) is 23.2. The minimum Gasteiger partial charge on any atom is -0.497 e. The van der Waals surface area contributed by atoms with Gasteiger partial charge < -0.3 is 14.4 Å². The highest BCUT2D eigenvalue weighted by atomic mass is 16.6. The van der Waals surface area contributed by atoms with Crippen LogP contribution < -0.4 is 4.74 Å². The van der Waals surface area contributed by atoms with Crippen LogP contribution in [-0.2, 0) is 9.53 Å². The number of amides is 3. The molecule has 2 rings (SSSR count). The summed E-state index contributed by atoms with van der Waals surface area (Å²) in [7, 11) is 1.53. The Morgan fingerprint density at radius 2 is 1.90 bits per heavy atom. The second-order valence-electron chi connectivity index (χ2n) is 8.55. The van der Waals surface area contributed by atoms with E-state index in [0.29, 0.717) is 11.3 Å². The summed E-state index contributed by atoms with van der Waals surface area (Å²) in [6.45, 7) is 9.28. The van der Waals surface area contributed by atoms with Crippen molar-refractivity contribution in [2.75, 3.05) is 26.7 Å². The van der Waals surface area contributed by atoms with Crippen molar-refractivity contribution in [3.63, 3.8) is 0 Å². The molecule has 0 spiro atoms. The van der Waals surface area contributed by atoms with Crippen LogP contribution in [-0.4, -0.2) is 60.1 Å². The molecular weight excluding hydrogens is 396 g/mol. The van der Waals surface area contributed by atoms with Gasteiger partial charge in [-0.15, -0.1) is 18.9 Å². The van der Waals surface area contributed by atoms with Crippen LogP contribution >= 0.6 is 0 Å².